The molecular formula is C17H18N4O3. The molecule has 1 aromatic carbocycles. The molecule has 7 nitrogen and oxygen atoms in total. The molecule has 1 fully saturated rings. The Labute approximate surface area is 139 Å². The Bertz CT molecular complexity index is 749. The highest BCUT2D eigenvalue weighted by Crippen LogP contribution is 2.25. The SMILES string of the molecule is Cc1cc(NC(=O)Nc2cccnc2)ccc1N1CCOCC1=O. The second-order valence-corrected chi connectivity index (χ2v) is 5.42. The number of nitrogens with one attached hydrogen (secondary N) is 2. The van der Waals surface area contributed by atoms with Crippen molar-refractivity contribution in [3.63, 3.8) is 0 Å². The van der Waals surface area contributed by atoms with Gasteiger partial charge in [-0.2, -0.15) is 0 Å². The van der Waals surface area contributed by atoms with E-state index < -0.39 is 0 Å². The van der Waals surface area contributed by atoms with E-state index in [0.29, 0.717) is 24.5 Å². The summed E-state index contributed by atoms with van der Waals surface area (Å²) in [5.41, 5.74) is 3.01. The summed E-state index contributed by atoms with van der Waals surface area (Å²) in [6.45, 7) is 3.07. The fraction of sp³-hybridized carbons (Fsp3) is 0.235. The number of carbonyl (C=O) groups excluding carboxylic acids is 2. The first-order valence-corrected chi connectivity index (χ1v) is 7.60. The van der Waals surface area contributed by atoms with Crippen LogP contribution in [0.15, 0.2) is 42.7 Å². The average molecular weight is 326 g/mol. The Hall–Kier alpha value is -2.93. The molecule has 0 atom stereocenters. The van der Waals surface area contributed by atoms with Crippen LogP contribution in [0.1, 0.15) is 5.56 Å². The number of morpholine rings is 1. The van der Waals surface area contributed by atoms with Crippen molar-refractivity contribution in [2.75, 3.05) is 35.3 Å². The van der Waals surface area contributed by atoms with E-state index in [1.807, 2.05) is 19.1 Å². The molecule has 1 aliphatic heterocycles. The number of aryl methyl sites for hydroxylation is 1. The van der Waals surface area contributed by atoms with E-state index in [1.54, 1.807) is 35.5 Å². The topological polar surface area (TPSA) is 83.6 Å². The molecule has 0 spiro atoms. The van der Waals surface area contributed by atoms with E-state index >= 15 is 0 Å². The molecule has 24 heavy (non-hydrogen) atoms. The summed E-state index contributed by atoms with van der Waals surface area (Å²) in [5.74, 6) is -0.0561. The van der Waals surface area contributed by atoms with Crippen LogP contribution >= 0.6 is 0 Å². The third-order valence-electron chi connectivity index (χ3n) is 3.65. The number of rotatable bonds is 3. The highest BCUT2D eigenvalue weighted by Gasteiger charge is 2.21. The summed E-state index contributed by atoms with van der Waals surface area (Å²) < 4.78 is 5.14. The minimum atomic E-state index is -0.349. The molecule has 3 rings (SSSR count). The van der Waals surface area contributed by atoms with Gasteiger partial charge in [0.1, 0.15) is 6.61 Å². The Morgan fingerprint density at radius 1 is 1.25 bits per heavy atom. The van der Waals surface area contributed by atoms with Gasteiger partial charge in [0, 0.05) is 24.1 Å². The zero-order valence-electron chi connectivity index (χ0n) is 13.3. The molecule has 2 N–H and O–H groups in total. The van der Waals surface area contributed by atoms with Crippen LogP contribution in [0.25, 0.3) is 0 Å². The van der Waals surface area contributed by atoms with Gasteiger partial charge in [0.2, 0.25) is 0 Å². The van der Waals surface area contributed by atoms with Crippen LogP contribution < -0.4 is 15.5 Å². The van der Waals surface area contributed by atoms with Gasteiger partial charge in [-0.1, -0.05) is 0 Å². The highest BCUT2D eigenvalue weighted by molar-refractivity contribution is 6.00. The molecular weight excluding hydrogens is 308 g/mol. The van der Waals surface area contributed by atoms with Crippen molar-refractivity contribution < 1.29 is 14.3 Å². The summed E-state index contributed by atoms with van der Waals surface area (Å²) in [6, 6.07) is 8.59. The molecule has 0 saturated carbocycles. The minimum absolute atomic E-state index is 0.0561. The van der Waals surface area contributed by atoms with Crippen molar-refractivity contribution in [2.45, 2.75) is 6.92 Å². The number of hydrogen-bond acceptors (Lipinski definition) is 4. The first-order valence-electron chi connectivity index (χ1n) is 7.60. The van der Waals surface area contributed by atoms with Gasteiger partial charge in [-0.25, -0.2) is 4.79 Å². The van der Waals surface area contributed by atoms with Crippen LogP contribution in [-0.2, 0) is 9.53 Å². The fourth-order valence-corrected chi connectivity index (χ4v) is 2.54. The Morgan fingerprint density at radius 2 is 2.08 bits per heavy atom. The minimum Gasteiger partial charge on any atom is -0.370 e. The lowest BCUT2D eigenvalue weighted by atomic mass is 10.1. The predicted octanol–water partition coefficient (Wildman–Crippen LogP) is 2.40. The van der Waals surface area contributed by atoms with Crippen molar-refractivity contribution in [2.24, 2.45) is 0 Å². The molecule has 2 heterocycles. The van der Waals surface area contributed by atoms with Gasteiger partial charge in [0.25, 0.3) is 5.91 Å². The Kier molecular flexibility index (Phi) is 4.72. The van der Waals surface area contributed by atoms with Crippen LogP contribution in [0.4, 0.5) is 21.9 Å². The summed E-state index contributed by atoms with van der Waals surface area (Å²) >= 11 is 0. The van der Waals surface area contributed by atoms with Gasteiger partial charge in [-0.3, -0.25) is 9.78 Å². The monoisotopic (exact) mass is 326 g/mol. The lowest BCUT2D eigenvalue weighted by Crippen LogP contribution is -2.42. The smallest absolute Gasteiger partial charge is 0.323 e. The molecule has 0 bridgehead atoms. The number of anilines is 3. The molecule has 1 aliphatic rings. The molecule has 0 unspecified atom stereocenters. The Balaban J connectivity index is 1.68. The summed E-state index contributed by atoms with van der Waals surface area (Å²) in [6.07, 6.45) is 3.20. The zero-order valence-corrected chi connectivity index (χ0v) is 13.3. The van der Waals surface area contributed by atoms with E-state index in [2.05, 4.69) is 15.6 Å². The van der Waals surface area contributed by atoms with E-state index in [1.165, 1.54) is 0 Å². The van der Waals surface area contributed by atoms with Crippen LogP contribution in [0.2, 0.25) is 0 Å². The molecule has 1 aromatic heterocycles. The van der Waals surface area contributed by atoms with Crippen molar-refractivity contribution in [3.8, 4) is 0 Å². The van der Waals surface area contributed by atoms with Gasteiger partial charge in [-0.05, 0) is 42.8 Å². The maximum Gasteiger partial charge on any atom is 0.323 e. The molecule has 7 heteroatoms. The lowest BCUT2D eigenvalue weighted by molar-refractivity contribution is -0.125. The summed E-state index contributed by atoms with van der Waals surface area (Å²) in [4.78, 5) is 29.6. The number of urea groups is 1. The quantitative estimate of drug-likeness (QED) is 0.907. The normalized spacial score (nSPS) is 14.4. The standard InChI is InChI=1S/C17H18N4O3/c1-12-9-13(19-17(23)20-14-3-2-6-18-10-14)4-5-15(12)21-7-8-24-11-16(21)22/h2-6,9-10H,7-8,11H2,1H3,(H2,19,20,23). The second-order valence-electron chi connectivity index (χ2n) is 5.42. The summed E-state index contributed by atoms with van der Waals surface area (Å²) in [7, 11) is 0. The van der Waals surface area contributed by atoms with Crippen LogP contribution in [0, 0.1) is 6.92 Å². The van der Waals surface area contributed by atoms with E-state index in [-0.39, 0.29) is 18.5 Å². The number of amides is 3. The number of nitrogens with zero attached hydrogens (tertiary/aromatic N) is 2. The largest absolute Gasteiger partial charge is 0.370 e. The maximum atomic E-state index is 12.0. The third kappa shape index (κ3) is 3.69. The molecule has 124 valence electrons. The van der Waals surface area contributed by atoms with Gasteiger partial charge in [0.15, 0.2) is 0 Å². The van der Waals surface area contributed by atoms with Gasteiger partial charge < -0.3 is 20.3 Å². The average Bonchev–Trinajstić information content (AvgIpc) is 2.57. The number of hydrogen-bond donors (Lipinski definition) is 2. The lowest BCUT2D eigenvalue weighted by Gasteiger charge is -2.28. The van der Waals surface area contributed by atoms with Crippen molar-refractivity contribution in [3.05, 3.63) is 48.3 Å². The van der Waals surface area contributed by atoms with Crippen LogP contribution in [0.3, 0.4) is 0 Å². The fourth-order valence-electron chi connectivity index (χ4n) is 2.54. The highest BCUT2D eigenvalue weighted by atomic mass is 16.5. The Morgan fingerprint density at radius 3 is 2.79 bits per heavy atom. The first kappa shape index (κ1) is 15.9. The predicted molar refractivity (Wildman–Crippen MR) is 91.2 cm³/mol. The van der Waals surface area contributed by atoms with E-state index in [4.69, 9.17) is 4.74 Å². The number of pyridine rings is 1. The van der Waals surface area contributed by atoms with E-state index in [9.17, 15) is 9.59 Å². The van der Waals surface area contributed by atoms with Crippen LogP contribution in [-0.4, -0.2) is 36.7 Å². The molecule has 2 aromatic rings. The van der Waals surface area contributed by atoms with Crippen molar-refractivity contribution >= 4 is 29.0 Å². The number of carbonyl (C=O) groups is 2. The van der Waals surface area contributed by atoms with Gasteiger partial charge in [-0.15, -0.1) is 0 Å². The molecule has 0 radical (unpaired) electrons. The molecule has 3 amide bonds. The van der Waals surface area contributed by atoms with Crippen molar-refractivity contribution in [1.29, 1.82) is 0 Å². The summed E-state index contributed by atoms with van der Waals surface area (Å²) in [5, 5.41) is 5.47. The number of benzene rings is 1. The number of ether oxygens (including phenoxy) is 1. The van der Waals surface area contributed by atoms with Crippen molar-refractivity contribution in [1.82, 2.24) is 4.98 Å². The number of aromatic nitrogens is 1. The first-order chi connectivity index (χ1) is 11.6. The zero-order chi connectivity index (χ0) is 16.9. The third-order valence-corrected chi connectivity index (χ3v) is 3.65. The van der Waals surface area contributed by atoms with Gasteiger partial charge >= 0.3 is 6.03 Å². The molecule has 0 aliphatic carbocycles. The second kappa shape index (κ2) is 7.10. The van der Waals surface area contributed by atoms with Gasteiger partial charge in [0.05, 0.1) is 18.5 Å². The maximum absolute atomic E-state index is 12.0. The van der Waals surface area contributed by atoms with Crippen LogP contribution in [0.5, 0.6) is 0 Å². The van der Waals surface area contributed by atoms with E-state index in [0.717, 1.165) is 11.3 Å². The molecule has 1 saturated heterocycles.